The number of aryl methyl sites for hydroxylation is 1. The molecule has 0 bridgehead atoms. The molecule has 0 amide bonds. The number of anilines is 1. The van der Waals surface area contributed by atoms with Gasteiger partial charge in [0.2, 0.25) is 0 Å². The largest absolute Gasteiger partial charge is 0.398 e. The Morgan fingerprint density at radius 2 is 2.00 bits per heavy atom. The minimum atomic E-state index is 0.470. The first-order valence-electron chi connectivity index (χ1n) is 3.68. The molecule has 0 spiro atoms. The fraction of sp³-hybridized carbons (Fsp3) is 0.375. The Labute approximate surface area is 69.2 Å². The van der Waals surface area contributed by atoms with Crippen LogP contribution in [0, 0.1) is 6.92 Å². The number of rotatable bonds is 0. The molecule has 0 fully saturated rings. The van der Waals surface area contributed by atoms with E-state index >= 15 is 0 Å². The zero-order chi connectivity index (χ0) is 8.85. The van der Waals surface area contributed by atoms with Gasteiger partial charge in [-0.3, -0.25) is 4.98 Å². The van der Waals surface area contributed by atoms with Crippen molar-refractivity contribution in [1.29, 1.82) is 0 Å². The van der Waals surface area contributed by atoms with Gasteiger partial charge in [-0.25, -0.2) is 0 Å². The van der Waals surface area contributed by atoms with Gasteiger partial charge in [0.1, 0.15) is 7.85 Å². The number of nitrogens with two attached hydrogens (primary N) is 1. The summed E-state index contributed by atoms with van der Waals surface area (Å²) in [5.74, 6) is 0. The summed E-state index contributed by atoms with van der Waals surface area (Å²) in [7, 11) is 5.34. The van der Waals surface area contributed by atoms with Gasteiger partial charge in [-0.15, -0.1) is 0 Å². The molecule has 1 heterocycles. The van der Waals surface area contributed by atoms with E-state index in [2.05, 4.69) is 4.98 Å². The van der Waals surface area contributed by atoms with Gasteiger partial charge in [0, 0.05) is 11.9 Å². The molecule has 0 aliphatic heterocycles. The van der Waals surface area contributed by atoms with E-state index in [0.717, 1.165) is 5.56 Å². The summed E-state index contributed by atoms with van der Waals surface area (Å²) in [4.78, 5) is 3.84. The summed E-state index contributed by atoms with van der Waals surface area (Å²) in [6.07, 6.45) is 1.66. The molecule has 0 unspecified atom stereocenters. The third-order valence-electron chi connectivity index (χ3n) is 1.17. The smallest absolute Gasteiger partial charge is 0.141 e. The highest BCUT2D eigenvalue weighted by atomic mass is 14.7. The van der Waals surface area contributed by atoms with Crippen LogP contribution < -0.4 is 11.3 Å². The van der Waals surface area contributed by atoms with Crippen LogP contribution in [-0.2, 0) is 0 Å². The molecule has 1 aromatic rings. The maximum Gasteiger partial charge on any atom is 0.141 e. The molecule has 0 saturated carbocycles. The van der Waals surface area contributed by atoms with Crippen LogP contribution in [0.3, 0.4) is 0 Å². The summed E-state index contributed by atoms with van der Waals surface area (Å²) in [6, 6.07) is 1.65. The van der Waals surface area contributed by atoms with Crippen molar-refractivity contribution in [2.45, 2.75) is 20.8 Å². The topological polar surface area (TPSA) is 38.9 Å². The fourth-order valence-corrected chi connectivity index (χ4v) is 0.556. The molecule has 0 aliphatic rings. The van der Waals surface area contributed by atoms with Crippen LogP contribution in [0.5, 0.6) is 0 Å². The molecule has 11 heavy (non-hydrogen) atoms. The number of hydrogen-bond donors (Lipinski definition) is 1. The maximum atomic E-state index is 5.50. The van der Waals surface area contributed by atoms with Crippen LogP contribution in [0.2, 0.25) is 0 Å². The Morgan fingerprint density at radius 1 is 1.45 bits per heavy atom. The van der Waals surface area contributed by atoms with E-state index in [1.54, 1.807) is 12.3 Å². The minimum Gasteiger partial charge on any atom is -0.398 e. The SMILES string of the molecule is CC.[B]c1cc(N)c(C)cn1. The van der Waals surface area contributed by atoms with E-state index in [-0.39, 0.29) is 0 Å². The Bertz CT molecular complexity index is 223. The molecule has 0 atom stereocenters. The zero-order valence-electron chi connectivity index (χ0n) is 7.26. The average molecular weight is 148 g/mol. The van der Waals surface area contributed by atoms with Crippen molar-refractivity contribution in [3.8, 4) is 0 Å². The normalized spacial score (nSPS) is 8.27. The number of hydrogen-bond acceptors (Lipinski definition) is 2. The number of aromatic nitrogens is 1. The quantitative estimate of drug-likeness (QED) is 0.552. The Kier molecular flexibility index (Phi) is 4.35. The van der Waals surface area contributed by atoms with Crippen LogP contribution in [0.4, 0.5) is 5.69 Å². The van der Waals surface area contributed by atoms with E-state index in [1.807, 2.05) is 20.8 Å². The van der Waals surface area contributed by atoms with E-state index < -0.39 is 0 Å². The second kappa shape index (κ2) is 4.77. The third-order valence-corrected chi connectivity index (χ3v) is 1.17. The molecule has 2 nitrogen and oxygen atoms in total. The summed E-state index contributed by atoms with van der Waals surface area (Å²) in [5, 5.41) is 0. The Morgan fingerprint density at radius 3 is 2.36 bits per heavy atom. The van der Waals surface area contributed by atoms with Crippen LogP contribution >= 0.6 is 0 Å². The van der Waals surface area contributed by atoms with Crippen molar-refractivity contribution in [1.82, 2.24) is 4.98 Å². The zero-order valence-corrected chi connectivity index (χ0v) is 7.26. The van der Waals surface area contributed by atoms with Crippen LogP contribution in [-0.4, -0.2) is 12.8 Å². The highest BCUT2D eigenvalue weighted by Crippen LogP contribution is 2.02. The van der Waals surface area contributed by atoms with Crippen molar-refractivity contribution < 1.29 is 0 Å². The number of nitrogen functional groups attached to an aromatic ring is 1. The van der Waals surface area contributed by atoms with Gasteiger partial charge in [-0.2, -0.15) is 0 Å². The molecule has 0 aromatic carbocycles. The second-order valence-corrected chi connectivity index (χ2v) is 1.97. The van der Waals surface area contributed by atoms with Crippen molar-refractivity contribution in [3.63, 3.8) is 0 Å². The van der Waals surface area contributed by atoms with Gasteiger partial charge in [-0.05, 0) is 24.1 Å². The maximum absolute atomic E-state index is 5.50. The van der Waals surface area contributed by atoms with E-state index in [4.69, 9.17) is 13.6 Å². The van der Waals surface area contributed by atoms with Gasteiger partial charge in [0.05, 0.1) is 0 Å². The predicted octanol–water partition coefficient (Wildman–Crippen LogP) is 0.792. The lowest BCUT2D eigenvalue weighted by molar-refractivity contribution is 1.32. The highest BCUT2D eigenvalue weighted by Gasteiger charge is 1.90. The first-order valence-corrected chi connectivity index (χ1v) is 3.68. The summed E-state index contributed by atoms with van der Waals surface area (Å²) >= 11 is 0. The van der Waals surface area contributed by atoms with Crippen molar-refractivity contribution in [3.05, 3.63) is 17.8 Å². The molecule has 2 radical (unpaired) electrons. The van der Waals surface area contributed by atoms with Crippen molar-refractivity contribution in [2.75, 3.05) is 5.73 Å². The van der Waals surface area contributed by atoms with Crippen LogP contribution in [0.1, 0.15) is 19.4 Å². The molecule has 1 aromatic heterocycles. The van der Waals surface area contributed by atoms with Gasteiger partial charge in [-0.1, -0.05) is 13.8 Å². The minimum absolute atomic E-state index is 0.470. The lowest BCUT2D eigenvalue weighted by atomic mass is 10.0. The molecule has 58 valence electrons. The first kappa shape index (κ1) is 10.0. The van der Waals surface area contributed by atoms with Gasteiger partial charge in [0.15, 0.2) is 0 Å². The molecule has 3 heteroatoms. The predicted molar refractivity (Wildman–Crippen MR) is 50.1 cm³/mol. The van der Waals surface area contributed by atoms with E-state index in [1.165, 1.54) is 0 Å². The van der Waals surface area contributed by atoms with E-state index in [9.17, 15) is 0 Å². The molecular weight excluding hydrogens is 135 g/mol. The molecule has 0 aliphatic carbocycles. The molecular formula is C8H13BN2. The van der Waals surface area contributed by atoms with Gasteiger partial charge in [0.25, 0.3) is 0 Å². The fourth-order valence-electron chi connectivity index (χ4n) is 0.556. The van der Waals surface area contributed by atoms with Gasteiger partial charge >= 0.3 is 0 Å². The third kappa shape index (κ3) is 3.07. The molecule has 2 N–H and O–H groups in total. The number of nitrogens with zero attached hydrogens (tertiary/aromatic N) is 1. The average Bonchev–Trinajstić information content (AvgIpc) is 2.02. The number of pyridine rings is 1. The van der Waals surface area contributed by atoms with Crippen LogP contribution in [0.15, 0.2) is 12.3 Å². The molecule has 1 rings (SSSR count). The Balaban J connectivity index is 0.000000461. The van der Waals surface area contributed by atoms with Crippen molar-refractivity contribution >= 4 is 19.1 Å². The Hall–Kier alpha value is -0.985. The first-order chi connectivity index (χ1) is 5.20. The monoisotopic (exact) mass is 148 g/mol. The molecule has 0 saturated heterocycles. The van der Waals surface area contributed by atoms with E-state index in [0.29, 0.717) is 11.3 Å². The highest BCUT2D eigenvalue weighted by molar-refractivity contribution is 6.30. The second-order valence-electron chi connectivity index (χ2n) is 1.97. The lowest BCUT2D eigenvalue weighted by Gasteiger charge is -1.97. The summed E-state index contributed by atoms with van der Waals surface area (Å²) in [6.45, 7) is 5.89. The van der Waals surface area contributed by atoms with Crippen molar-refractivity contribution in [2.24, 2.45) is 0 Å². The standard InChI is InChI=1S/C6H7BN2.C2H6/c1-4-3-9-6(7)2-5(4)8;1-2/h2-3H,1H3,(H2,8,9);1-2H3. The lowest BCUT2D eigenvalue weighted by Crippen LogP contribution is -2.09. The summed E-state index contributed by atoms with van der Waals surface area (Å²) in [5.41, 5.74) is 7.63. The summed E-state index contributed by atoms with van der Waals surface area (Å²) < 4.78 is 0. The van der Waals surface area contributed by atoms with Gasteiger partial charge < -0.3 is 5.73 Å². The van der Waals surface area contributed by atoms with Crippen LogP contribution in [0.25, 0.3) is 0 Å².